The molecule has 16 heavy (non-hydrogen) atoms. The molecule has 1 heterocycles. The molecule has 0 unspecified atom stereocenters. The van der Waals surface area contributed by atoms with E-state index in [1.54, 1.807) is 0 Å². The van der Waals surface area contributed by atoms with Crippen LogP contribution < -0.4 is 5.84 Å². The molecule has 1 amide bonds. The Morgan fingerprint density at radius 1 is 1.38 bits per heavy atom. The minimum absolute atomic E-state index is 0.371. The molecule has 1 aromatic carbocycles. The van der Waals surface area contributed by atoms with Gasteiger partial charge in [-0.2, -0.15) is 0 Å². The fourth-order valence-electron chi connectivity index (χ4n) is 1.76. The fraction of sp³-hybridized carbons (Fsp3) is 0.273. The Labute approximate surface area is 92.8 Å². The molecule has 0 bridgehead atoms. The van der Waals surface area contributed by atoms with Gasteiger partial charge in [0.1, 0.15) is 6.04 Å². The molecule has 1 fully saturated rings. The molecular weight excluding hydrogens is 208 g/mol. The third-order valence-corrected chi connectivity index (χ3v) is 2.52. The Morgan fingerprint density at radius 3 is 2.56 bits per heavy atom. The van der Waals surface area contributed by atoms with Gasteiger partial charge in [0.05, 0.1) is 0 Å². The third kappa shape index (κ3) is 1.65. The van der Waals surface area contributed by atoms with Crippen molar-refractivity contribution in [1.29, 1.82) is 0 Å². The van der Waals surface area contributed by atoms with Crippen molar-refractivity contribution in [2.24, 2.45) is 5.84 Å². The van der Waals surface area contributed by atoms with Gasteiger partial charge in [0.15, 0.2) is 0 Å². The quantitative estimate of drug-likeness (QED) is 0.338. The first-order chi connectivity index (χ1) is 7.61. The van der Waals surface area contributed by atoms with Crippen molar-refractivity contribution in [2.45, 2.75) is 19.1 Å². The van der Waals surface area contributed by atoms with Gasteiger partial charge in [0.2, 0.25) is 6.10 Å². The van der Waals surface area contributed by atoms with E-state index < -0.39 is 12.1 Å². The second kappa shape index (κ2) is 3.94. The van der Waals surface area contributed by atoms with Crippen LogP contribution in [0.2, 0.25) is 0 Å². The number of benzene rings is 1. The Balaban J connectivity index is 2.20. The highest BCUT2D eigenvalue weighted by atomic mass is 16.6. The number of hydrogen-bond acceptors (Lipinski definition) is 4. The van der Waals surface area contributed by atoms with Gasteiger partial charge in [-0.25, -0.2) is 5.84 Å². The molecule has 0 radical (unpaired) electrons. The fourth-order valence-corrected chi connectivity index (χ4v) is 1.76. The monoisotopic (exact) mass is 220 g/mol. The topological polar surface area (TPSA) is 72.6 Å². The van der Waals surface area contributed by atoms with E-state index >= 15 is 0 Å². The van der Waals surface area contributed by atoms with Crippen LogP contribution >= 0.6 is 0 Å². The van der Waals surface area contributed by atoms with Gasteiger partial charge in [0, 0.05) is 6.92 Å². The van der Waals surface area contributed by atoms with E-state index in [2.05, 4.69) is 0 Å². The summed E-state index contributed by atoms with van der Waals surface area (Å²) in [5.41, 5.74) is 0.857. The standard InChI is InChI=1S/C11H12N2O3/c1-7(14)16-10-9(13(12)11(10)15)8-5-3-2-4-6-8/h2-6,9-10H,12H2,1H3/t9-,10+/m0/s1. The maximum absolute atomic E-state index is 11.4. The Bertz CT molecular complexity index is 418. The summed E-state index contributed by atoms with van der Waals surface area (Å²) in [6, 6.07) is 8.86. The van der Waals surface area contributed by atoms with Gasteiger partial charge in [-0.05, 0) is 5.56 Å². The summed E-state index contributed by atoms with van der Waals surface area (Å²) in [5, 5.41) is 1.09. The number of β-lactam (4-membered cyclic amide) rings is 1. The van der Waals surface area contributed by atoms with Gasteiger partial charge in [-0.1, -0.05) is 30.3 Å². The Morgan fingerprint density at radius 2 is 2.00 bits per heavy atom. The van der Waals surface area contributed by atoms with Crippen LogP contribution in [0.1, 0.15) is 18.5 Å². The molecule has 1 aliphatic heterocycles. The lowest BCUT2D eigenvalue weighted by Crippen LogP contribution is -2.63. The van der Waals surface area contributed by atoms with Crippen molar-refractivity contribution in [1.82, 2.24) is 5.01 Å². The average molecular weight is 220 g/mol. The van der Waals surface area contributed by atoms with Crippen LogP contribution in [-0.4, -0.2) is 23.0 Å². The highest BCUT2D eigenvalue weighted by Gasteiger charge is 2.49. The largest absolute Gasteiger partial charge is 0.450 e. The van der Waals surface area contributed by atoms with E-state index in [4.69, 9.17) is 10.6 Å². The first-order valence-electron chi connectivity index (χ1n) is 4.91. The van der Waals surface area contributed by atoms with Crippen LogP contribution in [0.3, 0.4) is 0 Å². The number of hydrogen-bond donors (Lipinski definition) is 1. The normalized spacial score (nSPS) is 23.9. The molecule has 1 aliphatic rings. The van der Waals surface area contributed by atoms with E-state index in [9.17, 15) is 9.59 Å². The van der Waals surface area contributed by atoms with Gasteiger partial charge in [-0.15, -0.1) is 0 Å². The summed E-state index contributed by atoms with van der Waals surface area (Å²) >= 11 is 0. The number of carbonyl (C=O) groups is 2. The number of nitrogens with zero attached hydrogens (tertiary/aromatic N) is 1. The molecule has 0 aliphatic carbocycles. The number of esters is 1. The lowest BCUT2D eigenvalue weighted by Gasteiger charge is -2.42. The number of nitrogens with two attached hydrogens (primary N) is 1. The van der Waals surface area contributed by atoms with Crippen LogP contribution in [0.4, 0.5) is 0 Å². The molecule has 84 valence electrons. The number of hydrazine groups is 1. The van der Waals surface area contributed by atoms with Gasteiger partial charge >= 0.3 is 5.97 Å². The smallest absolute Gasteiger partial charge is 0.303 e. The zero-order chi connectivity index (χ0) is 11.7. The van der Waals surface area contributed by atoms with Crippen molar-refractivity contribution < 1.29 is 14.3 Å². The molecule has 0 aromatic heterocycles. The molecule has 1 aromatic rings. The predicted molar refractivity (Wildman–Crippen MR) is 55.8 cm³/mol. The molecule has 1 saturated heterocycles. The summed E-state index contributed by atoms with van der Waals surface area (Å²) < 4.78 is 4.93. The molecule has 2 rings (SSSR count). The minimum Gasteiger partial charge on any atom is -0.450 e. The van der Waals surface area contributed by atoms with Crippen LogP contribution in [0.25, 0.3) is 0 Å². The highest BCUT2D eigenvalue weighted by Crippen LogP contribution is 2.33. The van der Waals surface area contributed by atoms with E-state index in [0.29, 0.717) is 0 Å². The maximum atomic E-state index is 11.4. The van der Waals surface area contributed by atoms with Crippen LogP contribution in [0, 0.1) is 0 Å². The second-order valence-electron chi connectivity index (χ2n) is 3.63. The minimum atomic E-state index is -0.787. The first-order valence-corrected chi connectivity index (χ1v) is 4.91. The van der Waals surface area contributed by atoms with E-state index in [0.717, 1.165) is 10.6 Å². The molecule has 0 saturated carbocycles. The van der Waals surface area contributed by atoms with E-state index in [1.165, 1.54) is 6.92 Å². The Hall–Kier alpha value is -1.88. The van der Waals surface area contributed by atoms with Crippen molar-refractivity contribution in [3.63, 3.8) is 0 Å². The lowest BCUT2D eigenvalue weighted by atomic mass is 9.93. The number of carbonyl (C=O) groups excluding carboxylic acids is 2. The van der Waals surface area contributed by atoms with Crippen molar-refractivity contribution in [3.05, 3.63) is 35.9 Å². The second-order valence-corrected chi connectivity index (χ2v) is 3.63. The van der Waals surface area contributed by atoms with E-state index in [1.807, 2.05) is 30.3 Å². The molecule has 5 nitrogen and oxygen atoms in total. The Kier molecular flexibility index (Phi) is 2.62. The molecule has 5 heteroatoms. The lowest BCUT2D eigenvalue weighted by molar-refractivity contribution is -0.183. The highest BCUT2D eigenvalue weighted by molar-refractivity contribution is 5.90. The number of ether oxygens (including phenoxy) is 1. The number of amides is 1. The third-order valence-electron chi connectivity index (χ3n) is 2.52. The van der Waals surface area contributed by atoms with Gasteiger partial charge in [0.25, 0.3) is 5.91 Å². The van der Waals surface area contributed by atoms with Crippen LogP contribution in [0.5, 0.6) is 0 Å². The average Bonchev–Trinajstić information content (AvgIpc) is 2.29. The van der Waals surface area contributed by atoms with E-state index in [-0.39, 0.29) is 11.9 Å². The molecule has 2 N–H and O–H groups in total. The summed E-state index contributed by atoms with van der Waals surface area (Å²) in [7, 11) is 0. The summed E-state index contributed by atoms with van der Waals surface area (Å²) in [6.45, 7) is 1.27. The summed E-state index contributed by atoms with van der Waals surface area (Å²) in [4.78, 5) is 22.2. The molecule has 2 atom stereocenters. The summed E-state index contributed by atoms with van der Waals surface area (Å²) in [5.74, 6) is 4.71. The van der Waals surface area contributed by atoms with Crippen molar-refractivity contribution >= 4 is 11.9 Å². The number of rotatable bonds is 2. The molecule has 0 spiro atoms. The predicted octanol–water partition coefficient (Wildman–Crippen LogP) is 0.375. The SMILES string of the molecule is CC(=O)O[C@H]1C(=O)N(N)[C@H]1c1ccccc1. The van der Waals surface area contributed by atoms with Crippen molar-refractivity contribution in [2.75, 3.05) is 0 Å². The van der Waals surface area contributed by atoms with Crippen LogP contribution in [0.15, 0.2) is 30.3 Å². The molecular formula is C11H12N2O3. The zero-order valence-corrected chi connectivity index (χ0v) is 8.79. The van der Waals surface area contributed by atoms with Gasteiger partial charge in [-0.3, -0.25) is 14.6 Å². The summed E-state index contributed by atoms with van der Waals surface area (Å²) in [6.07, 6.45) is -0.787. The first kappa shape index (κ1) is 10.6. The van der Waals surface area contributed by atoms with Crippen molar-refractivity contribution in [3.8, 4) is 0 Å². The maximum Gasteiger partial charge on any atom is 0.303 e. The van der Waals surface area contributed by atoms with Gasteiger partial charge < -0.3 is 4.74 Å². The zero-order valence-electron chi connectivity index (χ0n) is 8.79. The van der Waals surface area contributed by atoms with Crippen LogP contribution in [-0.2, 0) is 14.3 Å².